The lowest BCUT2D eigenvalue weighted by molar-refractivity contribution is -0.436. The molecule has 4 aromatic carbocycles. The molecule has 1 aromatic heterocycles. The van der Waals surface area contributed by atoms with E-state index >= 15 is 0 Å². The summed E-state index contributed by atoms with van der Waals surface area (Å²) in [5, 5.41) is 20.7. The maximum Gasteiger partial charge on any atom is 0.214 e. The summed E-state index contributed by atoms with van der Waals surface area (Å²) in [6, 6.07) is 21.2. The molecule has 58 heavy (non-hydrogen) atoms. The molecule has 1 aliphatic carbocycles. The van der Waals surface area contributed by atoms with E-state index in [0.29, 0.717) is 13.2 Å². The van der Waals surface area contributed by atoms with Crippen molar-refractivity contribution in [3.63, 3.8) is 0 Å². The standard InChI is InChI=1S/C52H64N2O4/c1-5-9-13-15-17-19-31-53-43-27-29-47(57-33-11-7-3)39-25-21-23-37(49(39)43)45(53)35-41-51(55)42(52(41)56)36-46-38-24-22-26-40-48(58-34-12-8-4)30-28-44(50(38)40)54(46)32-20-18-16-14-10-6-2/h21-30,35-36H,5-20,31-34H2,1-4H3. The molecule has 6 nitrogen and oxygen atoms in total. The van der Waals surface area contributed by atoms with E-state index < -0.39 is 0 Å². The van der Waals surface area contributed by atoms with Crippen LogP contribution in [-0.2, 0) is 11.3 Å². The van der Waals surface area contributed by atoms with E-state index in [1.54, 1.807) is 0 Å². The van der Waals surface area contributed by atoms with E-state index in [4.69, 9.17) is 9.47 Å². The van der Waals surface area contributed by atoms with Gasteiger partial charge in [-0.1, -0.05) is 134 Å². The maximum absolute atomic E-state index is 14.3. The Morgan fingerprint density at radius 2 is 1.21 bits per heavy atom. The van der Waals surface area contributed by atoms with E-state index in [2.05, 4.69) is 97.5 Å². The Hall–Kier alpha value is -4.84. The Labute approximate surface area is 345 Å². The summed E-state index contributed by atoms with van der Waals surface area (Å²) in [4.78, 5) is 14.3. The zero-order valence-corrected chi connectivity index (χ0v) is 35.6. The van der Waals surface area contributed by atoms with Gasteiger partial charge in [-0.3, -0.25) is 4.79 Å². The Morgan fingerprint density at radius 1 is 0.621 bits per heavy atom. The van der Waals surface area contributed by atoms with Crippen molar-refractivity contribution in [2.24, 2.45) is 0 Å². The number of aryl methyl sites for hydroxylation is 1. The number of benzene rings is 4. The largest absolute Gasteiger partial charge is 0.871 e. The molecule has 5 aromatic rings. The van der Waals surface area contributed by atoms with Gasteiger partial charge in [-0.25, -0.2) is 0 Å². The first-order valence-electron chi connectivity index (χ1n) is 22.7. The van der Waals surface area contributed by atoms with Gasteiger partial charge in [0.2, 0.25) is 11.4 Å². The van der Waals surface area contributed by atoms with Gasteiger partial charge in [-0.2, -0.15) is 4.58 Å². The van der Waals surface area contributed by atoms with E-state index in [0.717, 1.165) is 131 Å². The van der Waals surface area contributed by atoms with Crippen LogP contribution >= 0.6 is 0 Å². The first-order valence-corrected chi connectivity index (χ1v) is 22.7. The molecule has 0 fully saturated rings. The second kappa shape index (κ2) is 19.7. The number of ether oxygens (including phenoxy) is 2. The number of Topliss-reactive ketones (excluding diaryl/α,β-unsaturated/α-hetero) is 1. The first kappa shape index (κ1) is 41.3. The van der Waals surface area contributed by atoms with E-state index in [1.165, 1.54) is 51.4 Å². The van der Waals surface area contributed by atoms with Crippen molar-refractivity contribution in [1.82, 2.24) is 4.57 Å². The van der Waals surface area contributed by atoms with Crippen molar-refractivity contribution in [2.45, 2.75) is 137 Å². The first-order chi connectivity index (χ1) is 28.5. The van der Waals surface area contributed by atoms with Crippen molar-refractivity contribution in [2.75, 3.05) is 19.8 Å². The van der Waals surface area contributed by atoms with Crippen molar-refractivity contribution < 1.29 is 24.0 Å². The molecule has 0 saturated carbocycles. The lowest BCUT2D eigenvalue weighted by Gasteiger charge is -2.28. The number of rotatable bonds is 24. The lowest BCUT2D eigenvalue weighted by atomic mass is 9.86. The van der Waals surface area contributed by atoms with Crippen LogP contribution in [0.15, 0.2) is 83.6 Å². The van der Waals surface area contributed by atoms with Crippen molar-refractivity contribution in [3.05, 3.63) is 94.6 Å². The molecule has 6 heteroatoms. The molecule has 0 spiro atoms. The number of hydrogen-bond donors (Lipinski definition) is 0. The quantitative estimate of drug-likeness (QED) is 0.0355. The number of nitrogens with zero attached hydrogens (tertiary/aromatic N) is 2. The molecule has 0 saturated heterocycles. The van der Waals surface area contributed by atoms with Crippen molar-refractivity contribution in [3.8, 4) is 11.5 Å². The van der Waals surface area contributed by atoms with Gasteiger partial charge in [0.05, 0.1) is 24.2 Å². The van der Waals surface area contributed by atoms with Crippen molar-refractivity contribution >= 4 is 55.7 Å². The molecule has 0 N–H and O–H groups in total. The Kier molecular flexibility index (Phi) is 14.1. The van der Waals surface area contributed by atoms with Gasteiger partial charge < -0.3 is 19.1 Å². The summed E-state index contributed by atoms with van der Waals surface area (Å²) in [6.07, 6.45) is 22.2. The SMILES string of the molecule is CCCCCCCCn1c(=CC2=C([O-])C(=CC3=[N+](CCCCCCCC)c4ccc(OCCCC)c5cccc3c45)C2=O)c2cccc3c(OCCCC)ccc1c32. The maximum atomic E-state index is 14.3. The number of ketones is 1. The summed E-state index contributed by atoms with van der Waals surface area (Å²) in [6.45, 7) is 11.9. The minimum absolute atomic E-state index is 0.178. The summed E-state index contributed by atoms with van der Waals surface area (Å²) in [5.74, 6) is 1.42. The third-order valence-corrected chi connectivity index (χ3v) is 12.2. The Bertz CT molecular complexity index is 2390. The second-order valence-electron chi connectivity index (χ2n) is 16.4. The highest BCUT2D eigenvalue weighted by molar-refractivity contribution is 6.29. The number of carbonyl (C=O) groups excluding carboxylic acids is 1. The highest BCUT2D eigenvalue weighted by Crippen LogP contribution is 2.42. The Morgan fingerprint density at radius 3 is 1.88 bits per heavy atom. The predicted octanol–water partition coefficient (Wildman–Crippen LogP) is 11.8. The fraction of sp³-hybridized carbons (Fsp3) is 0.462. The van der Waals surface area contributed by atoms with Crippen LogP contribution in [0.4, 0.5) is 5.69 Å². The molecule has 2 aliphatic rings. The zero-order valence-electron chi connectivity index (χ0n) is 35.6. The van der Waals surface area contributed by atoms with Gasteiger partial charge in [0.1, 0.15) is 18.0 Å². The molecule has 2 heterocycles. The summed E-state index contributed by atoms with van der Waals surface area (Å²) in [5.41, 5.74) is 4.77. The number of aromatic nitrogens is 1. The molecule has 0 atom stereocenters. The molecular formula is C52H64N2O4. The molecular weight excluding hydrogens is 717 g/mol. The molecule has 0 bridgehead atoms. The second-order valence-corrected chi connectivity index (χ2v) is 16.4. The van der Waals surface area contributed by atoms with Crippen LogP contribution in [-0.4, -0.2) is 40.4 Å². The smallest absolute Gasteiger partial charge is 0.214 e. The summed E-state index contributed by atoms with van der Waals surface area (Å²) >= 11 is 0. The lowest BCUT2D eigenvalue weighted by Crippen LogP contribution is -2.32. The van der Waals surface area contributed by atoms with Crippen molar-refractivity contribution in [1.29, 1.82) is 0 Å². The number of carbonyl (C=O) groups is 1. The highest BCUT2D eigenvalue weighted by atomic mass is 16.5. The number of unbranched alkanes of at least 4 members (excludes halogenated alkanes) is 12. The van der Waals surface area contributed by atoms with E-state index in [-0.39, 0.29) is 22.7 Å². The fourth-order valence-electron chi connectivity index (χ4n) is 8.92. The van der Waals surface area contributed by atoms with Gasteiger partial charge in [0.25, 0.3) is 0 Å². The van der Waals surface area contributed by atoms with Crippen LogP contribution in [0.25, 0.3) is 38.5 Å². The third-order valence-electron chi connectivity index (χ3n) is 12.2. The fourth-order valence-corrected chi connectivity index (χ4v) is 8.92. The van der Waals surface area contributed by atoms with Gasteiger partial charge >= 0.3 is 0 Å². The molecule has 0 unspecified atom stereocenters. The van der Waals surface area contributed by atoms with Gasteiger partial charge in [-0.15, -0.1) is 0 Å². The van der Waals surface area contributed by atoms with Crippen LogP contribution in [0.3, 0.4) is 0 Å². The van der Waals surface area contributed by atoms with E-state index in [1.807, 2.05) is 12.2 Å². The number of hydrogen-bond acceptors (Lipinski definition) is 4. The highest BCUT2D eigenvalue weighted by Gasteiger charge is 2.35. The van der Waals surface area contributed by atoms with Crippen LogP contribution in [0.1, 0.15) is 136 Å². The molecule has 0 amide bonds. The Balaban J connectivity index is 1.28. The molecule has 306 valence electrons. The summed E-state index contributed by atoms with van der Waals surface area (Å²) < 4.78 is 17.3. The molecule has 0 radical (unpaired) electrons. The summed E-state index contributed by atoms with van der Waals surface area (Å²) in [7, 11) is 0. The topological polar surface area (TPSA) is 66.5 Å². The molecule has 1 aliphatic heterocycles. The van der Waals surface area contributed by atoms with Crippen LogP contribution < -0.4 is 19.9 Å². The molecule has 7 rings (SSSR count). The predicted molar refractivity (Wildman–Crippen MR) is 240 cm³/mol. The minimum atomic E-state index is -0.178. The van der Waals surface area contributed by atoms with Gasteiger partial charge in [-0.05, 0) is 56.0 Å². The van der Waals surface area contributed by atoms with Gasteiger partial charge in [0, 0.05) is 68.7 Å². The monoisotopic (exact) mass is 780 g/mol. The van der Waals surface area contributed by atoms with Gasteiger partial charge in [0.15, 0.2) is 5.78 Å². The van der Waals surface area contributed by atoms with Crippen LogP contribution in [0.2, 0.25) is 0 Å². The van der Waals surface area contributed by atoms with E-state index in [9.17, 15) is 9.90 Å². The zero-order chi connectivity index (χ0) is 40.4. The normalized spacial score (nSPS) is 15.0. The third kappa shape index (κ3) is 8.49. The number of allylic oxidation sites excluding steroid dienone is 3. The van der Waals surface area contributed by atoms with Crippen LogP contribution in [0.5, 0.6) is 11.5 Å². The average Bonchev–Trinajstić information content (AvgIpc) is 3.72. The average molecular weight is 781 g/mol. The van der Waals surface area contributed by atoms with Crippen LogP contribution in [0, 0.1) is 0 Å². The minimum Gasteiger partial charge on any atom is -0.871 e.